The van der Waals surface area contributed by atoms with E-state index in [2.05, 4.69) is 108 Å². The number of aromatic nitrogens is 3. The van der Waals surface area contributed by atoms with Crippen molar-refractivity contribution in [1.82, 2.24) is 20.1 Å². The summed E-state index contributed by atoms with van der Waals surface area (Å²) in [6.07, 6.45) is 0.652. The predicted molar refractivity (Wildman–Crippen MR) is 141 cm³/mol. The summed E-state index contributed by atoms with van der Waals surface area (Å²) < 4.78 is 2.11. The SMILES string of the molecule is Cc1ccc(-n2c(Cc3cccc4ccccc34)nnc2SCC(=O)NC(C)C(C)C)c(C)c1. The third-order valence-electron chi connectivity index (χ3n) is 6.24. The van der Waals surface area contributed by atoms with Crippen LogP contribution in [0.2, 0.25) is 0 Å². The van der Waals surface area contributed by atoms with Crippen LogP contribution in [-0.4, -0.2) is 32.5 Å². The van der Waals surface area contributed by atoms with Gasteiger partial charge in [0, 0.05) is 12.5 Å². The minimum atomic E-state index is 0.0111. The Kier molecular flexibility index (Phi) is 7.37. The van der Waals surface area contributed by atoms with Gasteiger partial charge in [0.05, 0.1) is 11.4 Å². The van der Waals surface area contributed by atoms with E-state index >= 15 is 0 Å². The van der Waals surface area contributed by atoms with Crippen LogP contribution in [0, 0.1) is 19.8 Å². The fourth-order valence-corrected chi connectivity index (χ4v) is 4.79. The highest BCUT2D eigenvalue weighted by molar-refractivity contribution is 7.99. The smallest absolute Gasteiger partial charge is 0.230 e. The molecule has 1 amide bonds. The van der Waals surface area contributed by atoms with Crippen LogP contribution in [0.5, 0.6) is 0 Å². The zero-order valence-corrected chi connectivity index (χ0v) is 21.3. The largest absolute Gasteiger partial charge is 0.353 e. The van der Waals surface area contributed by atoms with E-state index in [0.29, 0.717) is 18.1 Å². The molecule has 0 aliphatic heterocycles. The molecule has 6 heteroatoms. The van der Waals surface area contributed by atoms with Gasteiger partial charge in [0.1, 0.15) is 5.82 Å². The van der Waals surface area contributed by atoms with E-state index in [9.17, 15) is 4.79 Å². The minimum absolute atomic E-state index is 0.0111. The summed E-state index contributed by atoms with van der Waals surface area (Å²) in [7, 11) is 0. The normalized spacial score (nSPS) is 12.3. The monoisotopic (exact) mass is 472 g/mol. The lowest BCUT2D eigenvalue weighted by Gasteiger charge is -2.17. The van der Waals surface area contributed by atoms with Crippen molar-refractivity contribution < 1.29 is 4.79 Å². The molecule has 0 radical (unpaired) electrons. The number of nitrogens with zero attached hydrogens (tertiary/aromatic N) is 3. The Morgan fingerprint density at radius 3 is 2.53 bits per heavy atom. The van der Waals surface area contributed by atoms with Crippen LogP contribution in [0.3, 0.4) is 0 Å². The molecule has 1 heterocycles. The number of hydrogen-bond acceptors (Lipinski definition) is 4. The summed E-state index contributed by atoms with van der Waals surface area (Å²) in [4.78, 5) is 12.5. The van der Waals surface area contributed by atoms with Crippen LogP contribution in [-0.2, 0) is 11.2 Å². The van der Waals surface area contributed by atoms with Crippen LogP contribution < -0.4 is 5.32 Å². The maximum atomic E-state index is 12.5. The van der Waals surface area contributed by atoms with Crippen LogP contribution in [0.15, 0.2) is 65.8 Å². The molecule has 1 aromatic heterocycles. The Bertz CT molecular complexity index is 1310. The van der Waals surface area contributed by atoms with Crippen LogP contribution >= 0.6 is 11.8 Å². The van der Waals surface area contributed by atoms with Crippen LogP contribution in [0.25, 0.3) is 16.5 Å². The molecule has 0 spiro atoms. The third-order valence-corrected chi connectivity index (χ3v) is 7.17. The number of carbonyl (C=O) groups is 1. The van der Waals surface area contributed by atoms with E-state index < -0.39 is 0 Å². The van der Waals surface area contributed by atoms with E-state index in [-0.39, 0.29) is 11.9 Å². The molecular weight excluding hydrogens is 440 g/mol. The fourth-order valence-electron chi connectivity index (χ4n) is 4.02. The van der Waals surface area contributed by atoms with E-state index in [1.165, 1.54) is 33.7 Å². The second-order valence-electron chi connectivity index (χ2n) is 9.23. The van der Waals surface area contributed by atoms with Crippen molar-refractivity contribution in [2.45, 2.75) is 52.2 Å². The number of aryl methyl sites for hydroxylation is 2. The molecule has 5 nitrogen and oxygen atoms in total. The fraction of sp³-hybridized carbons (Fsp3) is 0.321. The van der Waals surface area contributed by atoms with Crippen LogP contribution in [0.1, 0.15) is 43.3 Å². The zero-order valence-electron chi connectivity index (χ0n) is 20.5. The lowest BCUT2D eigenvalue weighted by atomic mass is 10.0. The lowest BCUT2D eigenvalue weighted by molar-refractivity contribution is -0.119. The van der Waals surface area contributed by atoms with Gasteiger partial charge in [-0.3, -0.25) is 9.36 Å². The molecule has 176 valence electrons. The molecule has 1 atom stereocenters. The standard InChI is InChI=1S/C28H32N4OS/c1-18(2)21(5)29-27(33)17-34-28-31-30-26(32(28)25-14-13-19(3)15-20(25)4)16-23-11-8-10-22-9-6-7-12-24(22)23/h6-15,18,21H,16-17H2,1-5H3,(H,29,33). The topological polar surface area (TPSA) is 59.8 Å². The first kappa shape index (κ1) is 24.0. The molecular formula is C28H32N4OS. The number of hydrogen-bond donors (Lipinski definition) is 1. The molecule has 4 rings (SSSR count). The molecule has 4 aromatic rings. The van der Waals surface area contributed by atoms with Gasteiger partial charge in [0.15, 0.2) is 5.16 Å². The highest BCUT2D eigenvalue weighted by Crippen LogP contribution is 2.28. The molecule has 0 saturated heterocycles. The number of rotatable bonds is 8. The van der Waals surface area contributed by atoms with Gasteiger partial charge in [-0.15, -0.1) is 10.2 Å². The maximum Gasteiger partial charge on any atom is 0.230 e. The maximum absolute atomic E-state index is 12.5. The average Bonchev–Trinajstić information content (AvgIpc) is 3.20. The molecule has 0 saturated carbocycles. The molecule has 0 aliphatic rings. The van der Waals surface area contributed by atoms with Crippen molar-refractivity contribution in [2.24, 2.45) is 5.92 Å². The van der Waals surface area contributed by atoms with Gasteiger partial charge in [-0.1, -0.05) is 85.8 Å². The third kappa shape index (κ3) is 5.33. The summed E-state index contributed by atoms with van der Waals surface area (Å²) in [5.74, 6) is 1.56. The quantitative estimate of drug-likeness (QED) is 0.325. The summed E-state index contributed by atoms with van der Waals surface area (Å²) in [5, 5.41) is 15.3. The van der Waals surface area contributed by atoms with Gasteiger partial charge in [-0.2, -0.15) is 0 Å². The molecule has 0 fully saturated rings. The first-order chi connectivity index (χ1) is 16.3. The highest BCUT2D eigenvalue weighted by atomic mass is 32.2. The zero-order chi connectivity index (χ0) is 24.2. The first-order valence-corrected chi connectivity index (χ1v) is 12.7. The summed E-state index contributed by atoms with van der Waals surface area (Å²) >= 11 is 1.43. The van der Waals surface area contributed by atoms with E-state index in [1.54, 1.807) is 0 Å². The Balaban J connectivity index is 1.68. The molecule has 0 bridgehead atoms. The number of benzene rings is 3. The average molecular weight is 473 g/mol. The second kappa shape index (κ2) is 10.4. The Hall–Kier alpha value is -3.12. The van der Waals surface area contributed by atoms with Crippen molar-refractivity contribution in [3.05, 3.63) is 83.2 Å². The lowest BCUT2D eigenvalue weighted by Crippen LogP contribution is -2.37. The number of carbonyl (C=O) groups excluding carboxylic acids is 1. The second-order valence-corrected chi connectivity index (χ2v) is 10.2. The summed E-state index contributed by atoms with van der Waals surface area (Å²) in [6.45, 7) is 10.4. The van der Waals surface area contributed by atoms with E-state index in [4.69, 9.17) is 0 Å². The predicted octanol–water partition coefficient (Wildman–Crippen LogP) is 5.88. The number of amides is 1. The van der Waals surface area contributed by atoms with Crippen molar-refractivity contribution in [3.8, 4) is 5.69 Å². The van der Waals surface area contributed by atoms with Gasteiger partial charge in [-0.25, -0.2) is 0 Å². The number of thioether (sulfide) groups is 1. The van der Waals surface area contributed by atoms with Gasteiger partial charge < -0.3 is 5.32 Å². The highest BCUT2D eigenvalue weighted by Gasteiger charge is 2.19. The summed E-state index contributed by atoms with van der Waals surface area (Å²) in [5.41, 5.74) is 4.61. The molecule has 0 aliphatic carbocycles. The van der Waals surface area contributed by atoms with Crippen molar-refractivity contribution in [3.63, 3.8) is 0 Å². The number of fused-ring (bicyclic) bond motifs is 1. The van der Waals surface area contributed by atoms with E-state index in [1.807, 2.05) is 6.92 Å². The number of nitrogens with one attached hydrogen (secondary N) is 1. The Labute approximate surface area is 206 Å². The molecule has 34 heavy (non-hydrogen) atoms. The van der Waals surface area contributed by atoms with Crippen molar-refractivity contribution in [2.75, 3.05) is 5.75 Å². The molecule has 1 N–H and O–H groups in total. The molecule has 1 unspecified atom stereocenters. The van der Waals surface area contributed by atoms with Gasteiger partial charge >= 0.3 is 0 Å². The first-order valence-electron chi connectivity index (χ1n) is 11.7. The summed E-state index contributed by atoms with van der Waals surface area (Å²) in [6, 6.07) is 21.3. The van der Waals surface area contributed by atoms with Crippen molar-refractivity contribution >= 4 is 28.4 Å². The van der Waals surface area contributed by atoms with Gasteiger partial charge in [0.2, 0.25) is 5.91 Å². The minimum Gasteiger partial charge on any atom is -0.353 e. The van der Waals surface area contributed by atoms with Crippen LogP contribution in [0.4, 0.5) is 0 Å². The Morgan fingerprint density at radius 1 is 1.00 bits per heavy atom. The Morgan fingerprint density at radius 2 is 1.76 bits per heavy atom. The van der Waals surface area contributed by atoms with E-state index in [0.717, 1.165) is 22.2 Å². The van der Waals surface area contributed by atoms with Gasteiger partial charge in [-0.05, 0) is 54.7 Å². The van der Waals surface area contributed by atoms with Gasteiger partial charge in [0.25, 0.3) is 0 Å². The molecule has 3 aromatic carbocycles. The van der Waals surface area contributed by atoms with Crippen molar-refractivity contribution in [1.29, 1.82) is 0 Å².